The van der Waals surface area contributed by atoms with Gasteiger partial charge in [0, 0.05) is 26.9 Å². The van der Waals surface area contributed by atoms with E-state index in [4.69, 9.17) is 4.74 Å². The molecule has 1 unspecified atom stereocenters. The molecular weight excluding hydrogens is 254 g/mol. The van der Waals surface area contributed by atoms with Gasteiger partial charge >= 0.3 is 0 Å². The normalized spacial score (nSPS) is 19.8. The first-order chi connectivity index (χ1) is 9.75. The molecule has 1 saturated heterocycles. The SMILES string of the molecule is CN(C)/C=C/c1ncnc2c1ncn2C1CCCCO1. The Kier molecular flexibility index (Phi) is 3.64. The summed E-state index contributed by atoms with van der Waals surface area (Å²) in [5.41, 5.74) is 2.49. The van der Waals surface area contributed by atoms with Crippen LogP contribution in [0.1, 0.15) is 31.2 Å². The highest BCUT2D eigenvalue weighted by molar-refractivity contribution is 5.79. The monoisotopic (exact) mass is 273 g/mol. The van der Waals surface area contributed by atoms with Crippen molar-refractivity contribution < 1.29 is 4.74 Å². The third-order valence-corrected chi connectivity index (χ3v) is 3.38. The molecular formula is C14H19N5O. The van der Waals surface area contributed by atoms with Crippen LogP contribution < -0.4 is 0 Å². The molecule has 106 valence electrons. The molecule has 3 rings (SSSR count). The van der Waals surface area contributed by atoms with Crippen molar-refractivity contribution >= 4 is 17.2 Å². The van der Waals surface area contributed by atoms with E-state index in [0.29, 0.717) is 0 Å². The Balaban J connectivity index is 1.98. The maximum Gasteiger partial charge on any atom is 0.165 e. The first-order valence-electron chi connectivity index (χ1n) is 6.89. The molecule has 3 heterocycles. The van der Waals surface area contributed by atoms with Crippen LogP contribution in [0, 0.1) is 0 Å². The smallest absolute Gasteiger partial charge is 0.165 e. The molecule has 1 atom stereocenters. The van der Waals surface area contributed by atoms with Crippen molar-refractivity contribution in [2.45, 2.75) is 25.5 Å². The number of ether oxygens (including phenoxy) is 1. The molecule has 2 aromatic rings. The summed E-state index contributed by atoms with van der Waals surface area (Å²) in [6.45, 7) is 0.808. The number of hydrogen-bond acceptors (Lipinski definition) is 5. The van der Waals surface area contributed by atoms with Gasteiger partial charge in [-0.15, -0.1) is 0 Å². The molecule has 0 bridgehead atoms. The molecule has 1 fully saturated rings. The largest absolute Gasteiger partial charge is 0.383 e. The van der Waals surface area contributed by atoms with Crippen molar-refractivity contribution in [3.8, 4) is 0 Å². The molecule has 0 spiro atoms. The van der Waals surface area contributed by atoms with E-state index >= 15 is 0 Å². The fourth-order valence-corrected chi connectivity index (χ4v) is 2.37. The van der Waals surface area contributed by atoms with Crippen LogP contribution in [0.2, 0.25) is 0 Å². The molecule has 0 aromatic carbocycles. The first-order valence-corrected chi connectivity index (χ1v) is 6.89. The number of imidazole rings is 1. The minimum absolute atomic E-state index is 0.0503. The summed E-state index contributed by atoms with van der Waals surface area (Å²) in [6.07, 6.45) is 10.7. The van der Waals surface area contributed by atoms with Crippen LogP contribution in [0.3, 0.4) is 0 Å². The van der Waals surface area contributed by atoms with Crippen molar-refractivity contribution in [3.05, 3.63) is 24.5 Å². The lowest BCUT2D eigenvalue weighted by Gasteiger charge is -2.23. The highest BCUT2D eigenvalue weighted by Gasteiger charge is 2.19. The molecule has 1 aliphatic heterocycles. The van der Waals surface area contributed by atoms with Gasteiger partial charge in [-0.1, -0.05) is 0 Å². The Morgan fingerprint density at radius 2 is 2.20 bits per heavy atom. The minimum Gasteiger partial charge on any atom is -0.383 e. The average Bonchev–Trinajstić information content (AvgIpc) is 2.90. The van der Waals surface area contributed by atoms with Crippen molar-refractivity contribution in [1.29, 1.82) is 0 Å². The van der Waals surface area contributed by atoms with E-state index in [2.05, 4.69) is 15.0 Å². The standard InChI is InChI=1S/C14H19N5O/c1-18(2)7-6-11-13-14(16-9-15-11)19(10-17-13)12-5-3-4-8-20-12/h6-7,9-10,12H,3-5,8H2,1-2H3/b7-6+. The molecule has 6 heteroatoms. The summed E-state index contributed by atoms with van der Waals surface area (Å²) in [4.78, 5) is 15.1. The lowest BCUT2D eigenvalue weighted by Crippen LogP contribution is -2.17. The quantitative estimate of drug-likeness (QED) is 0.856. The zero-order chi connectivity index (χ0) is 13.9. The first kappa shape index (κ1) is 13.1. The maximum atomic E-state index is 5.80. The zero-order valence-corrected chi connectivity index (χ0v) is 11.9. The van der Waals surface area contributed by atoms with Crippen molar-refractivity contribution in [1.82, 2.24) is 24.4 Å². The Morgan fingerprint density at radius 1 is 1.30 bits per heavy atom. The van der Waals surface area contributed by atoms with Gasteiger partial charge in [-0.25, -0.2) is 15.0 Å². The Labute approximate surface area is 118 Å². The second kappa shape index (κ2) is 5.58. The van der Waals surface area contributed by atoms with E-state index < -0.39 is 0 Å². The second-order valence-electron chi connectivity index (χ2n) is 5.18. The van der Waals surface area contributed by atoms with Crippen LogP contribution in [0.4, 0.5) is 0 Å². The molecule has 0 aliphatic carbocycles. The number of fused-ring (bicyclic) bond motifs is 1. The number of rotatable bonds is 3. The van der Waals surface area contributed by atoms with Gasteiger partial charge < -0.3 is 9.64 Å². The van der Waals surface area contributed by atoms with Crippen LogP contribution in [-0.4, -0.2) is 45.1 Å². The van der Waals surface area contributed by atoms with E-state index in [-0.39, 0.29) is 6.23 Å². The molecule has 0 amide bonds. The summed E-state index contributed by atoms with van der Waals surface area (Å²) in [6, 6.07) is 0. The predicted molar refractivity (Wildman–Crippen MR) is 76.9 cm³/mol. The topological polar surface area (TPSA) is 56.1 Å². The molecule has 0 saturated carbocycles. The highest BCUT2D eigenvalue weighted by Crippen LogP contribution is 2.26. The number of hydrogen-bond donors (Lipinski definition) is 0. The van der Waals surface area contributed by atoms with Crippen molar-refractivity contribution in [2.24, 2.45) is 0 Å². The van der Waals surface area contributed by atoms with E-state index in [1.54, 1.807) is 6.33 Å². The molecule has 20 heavy (non-hydrogen) atoms. The van der Waals surface area contributed by atoms with Gasteiger partial charge in [0.25, 0.3) is 0 Å². The second-order valence-corrected chi connectivity index (χ2v) is 5.18. The Bertz CT molecular complexity index is 613. The Morgan fingerprint density at radius 3 is 2.95 bits per heavy atom. The predicted octanol–water partition coefficient (Wildman–Crippen LogP) is 2.06. The summed E-state index contributed by atoms with van der Waals surface area (Å²) in [5.74, 6) is 0. The van der Waals surface area contributed by atoms with Gasteiger partial charge in [-0.05, 0) is 25.3 Å². The van der Waals surface area contributed by atoms with Crippen molar-refractivity contribution in [2.75, 3.05) is 20.7 Å². The van der Waals surface area contributed by atoms with E-state index in [0.717, 1.165) is 36.3 Å². The summed E-state index contributed by atoms with van der Waals surface area (Å²) < 4.78 is 7.82. The molecule has 1 aliphatic rings. The molecule has 6 nitrogen and oxygen atoms in total. The maximum absolute atomic E-state index is 5.80. The van der Waals surface area contributed by atoms with E-state index in [9.17, 15) is 0 Å². The molecule has 2 aromatic heterocycles. The highest BCUT2D eigenvalue weighted by atomic mass is 16.5. The molecule has 0 radical (unpaired) electrons. The van der Waals surface area contributed by atoms with Gasteiger partial charge in [0.2, 0.25) is 0 Å². The third-order valence-electron chi connectivity index (χ3n) is 3.38. The van der Waals surface area contributed by atoms with Crippen LogP contribution in [0.25, 0.3) is 17.2 Å². The van der Waals surface area contributed by atoms with E-state index in [1.165, 1.54) is 6.42 Å². The van der Waals surface area contributed by atoms with Gasteiger partial charge in [0.05, 0.1) is 12.0 Å². The van der Waals surface area contributed by atoms with Crippen LogP contribution in [0.5, 0.6) is 0 Å². The van der Waals surface area contributed by atoms with Crippen LogP contribution in [0.15, 0.2) is 18.9 Å². The van der Waals surface area contributed by atoms with Gasteiger partial charge in [0.15, 0.2) is 5.65 Å². The molecule has 0 N–H and O–H groups in total. The van der Waals surface area contributed by atoms with E-state index in [1.807, 2.05) is 42.2 Å². The number of nitrogens with zero attached hydrogens (tertiary/aromatic N) is 5. The zero-order valence-electron chi connectivity index (χ0n) is 11.9. The fraction of sp³-hybridized carbons (Fsp3) is 0.500. The average molecular weight is 273 g/mol. The van der Waals surface area contributed by atoms with Gasteiger partial charge in [0.1, 0.15) is 18.1 Å². The van der Waals surface area contributed by atoms with Gasteiger partial charge in [-0.2, -0.15) is 0 Å². The Hall–Kier alpha value is -1.95. The van der Waals surface area contributed by atoms with Crippen LogP contribution in [-0.2, 0) is 4.74 Å². The summed E-state index contributed by atoms with van der Waals surface area (Å²) in [7, 11) is 3.95. The van der Waals surface area contributed by atoms with Crippen LogP contribution >= 0.6 is 0 Å². The number of aromatic nitrogens is 4. The summed E-state index contributed by atoms with van der Waals surface area (Å²) in [5, 5.41) is 0. The fourth-order valence-electron chi connectivity index (χ4n) is 2.37. The lowest BCUT2D eigenvalue weighted by molar-refractivity contribution is -0.0298. The van der Waals surface area contributed by atoms with Gasteiger partial charge in [-0.3, -0.25) is 4.57 Å². The lowest BCUT2D eigenvalue weighted by atomic mass is 10.2. The summed E-state index contributed by atoms with van der Waals surface area (Å²) >= 11 is 0. The van der Waals surface area contributed by atoms with Crippen molar-refractivity contribution in [3.63, 3.8) is 0 Å². The third kappa shape index (κ3) is 2.51. The minimum atomic E-state index is 0.0503.